The summed E-state index contributed by atoms with van der Waals surface area (Å²) in [5, 5.41) is 8.71. The molecule has 0 radical (unpaired) electrons. The topological polar surface area (TPSA) is 35.6 Å². The molecule has 0 spiro atoms. The lowest BCUT2D eigenvalue weighted by molar-refractivity contribution is 0.655. The van der Waals surface area contributed by atoms with Crippen LogP contribution in [0.2, 0.25) is 0 Å². The quantitative estimate of drug-likeness (QED) is 0.866. The van der Waals surface area contributed by atoms with Crippen LogP contribution in [0, 0.1) is 6.92 Å². The molecule has 16 heavy (non-hydrogen) atoms. The first-order valence-electron chi connectivity index (χ1n) is 5.31. The van der Waals surface area contributed by atoms with Crippen molar-refractivity contribution in [2.45, 2.75) is 26.8 Å². The highest BCUT2D eigenvalue weighted by molar-refractivity contribution is 9.10. The number of hydrogen-bond acceptors (Lipinski definition) is 2. The molecule has 0 aromatic carbocycles. The van der Waals surface area contributed by atoms with Gasteiger partial charge in [-0.25, -0.2) is 0 Å². The SMILES string of the molecule is CCn1cc(Cc2cn(C)nc2C)c(Br)n1. The van der Waals surface area contributed by atoms with Gasteiger partial charge in [0.15, 0.2) is 0 Å². The van der Waals surface area contributed by atoms with E-state index in [1.165, 1.54) is 11.1 Å². The number of nitrogens with zero attached hydrogens (tertiary/aromatic N) is 4. The number of aromatic nitrogens is 4. The number of halogens is 1. The van der Waals surface area contributed by atoms with E-state index in [4.69, 9.17) is 0 Å². The molecule has 0 atom stereocenters. The minimum atomic E-state index is 0.875. The Kier molecular flexibility index (Phi) is 3.14. The number of hydrogen-bond donors (Lipinski definition) is 0. The van der Waals surface area contributed by atoms with E-state index in [9.17, 15) is 0 Å². The van der Waals surface area contributed by atoms with Gasteiger partial charge in [0.25, 0.3) is 0 Å². The van der Waals surface area contributed by atoms with Gasteiger partial charge in [0.05, 0.1) is 5.69 Å². The second-order valence-corrected chi connectivity index (χ2v) is 4.64. The van der Waals surface area contributed by atoms with Gasteiger partial charge in [0, 0.05) is 38.0 Å². The maximum absolute atomic E-state index is 4.37. The lowest BCUT2D eigenvalue weighted by Gasteiger charge is -1.95. The average molecular weight is 283 g/mol. The van der Waals surface area contributed by atoms with Crippen LogP contribution in [-0.2, 0) is 20.0 Å². The van der Waals surface area contributed by atoms with E-state index >= 15 is 0 Å². The van der Waals surface area contributed by atoms with Crippen molar-refractivity contribution in [3.8, 4) is 0 Å². The summed E-state index contributed by atoms with van der Waals surface area (Å²) in [6.07, 6.45) is 5.02. The van der Waals surface area contributed by atoms with Crippen LogP contribution < -0.4 is 0 Å². The lowest BCUT2D eigenvalue weighted by atomic mass is 10.1. The van der Waals surface area contributed by atoms with E-state index < -0.39 is 0 Å². The Morgan fingerprint density at radius 2 is 2.00 bits per heavy atom. The standard InChI is InChI=1S/C11H15BrN4/c1-4-16-7-10(11(12)14-16)5-9-6-15(3)13-8(9)2/h6-7H,4-5H2,1-3H3. The third kappa shape index (κ3) is 2.19. The molecule has 0 saturated carbocycles. The molecular weight excluding hydrogens is 268 g/mol. The van der Waals surface area contributed by atoms with Gasteiger partial charge in [-0.2, -0.15) is 10.2 Å². The van der Waals surface area contributed by atoms with Crippen molar-refractivity contribution in [1.29, 1.82) is 0 Å². The largest absolute Gasteiger partial charge is 0.275 e. The number of aryl methyl sites for hydroxylation is 3. The van der Waals surface area contributed by atoms with Gasteiger partial charge in [-0.1, -0.05) is 0 Å². The summed E-state index contributed by atoms with van der Waals surface area (Å²) in [6.45, 7) is 5.01. The maximum atomic E-state index is 4.37. The molecule has 86 valence electrons. The molecule has 0 unspecified atom stereocenters. The van der Waals surface area contributed by atoms with Gasteiger partial charge in [-0.05, 0) is 35.3 Å². The Morgan fingerprint density at radius 1 is 1.25 bits per heavy atom. The molecule has 4 nitrogen and oxygen atoms in total. The van der Waals surface area contributed by atoms with Gasteiger partial charge in [-0.3, -0.25) is 9.36 Å². The fraction of sp³-hybridized carbons (Fsp3) is 0.455. The monoisotopic (exact) mass is 282 g/mol. The minimum absolute atomic E-state index is 0.875. The van der Waals surface area contributed by atoms with E-state index in [1.54, 1.807) is 0 Å². The number of rotatable bonds is 3. The van der Waals surface area contributed by atoms with Gasteiger partial charge in [0.1, 0.15) is 4.60 Å². The van der Waals surface area contributed by atoms with Crippen molar-refractivity contribution in [1.82, 2.24) is 19.6 Å². The molecule has 5 heteroatoms. The van der Waals surface area contributed by atoms with E-state index in [0.29, 0.717) is 0 Å². The normalized spacial score (nSPS) is 11.0. The van der Waals surface area contributed by atoms with Gasteiger partial charge in [-0.15, -0.1) is 0 Å². The molecule has 2 heterocycles. The van der Waals surface area contributed by atoms with Crippen LogP contribution in [-0.4, -0.2) is 19.6 Å². The van der Waals surface area contributed by atoms with Crippen LogP contribution in [0.15, 0.2) is 17.0 Å². The predicted octanol–water partition coefficient (Wildman–Crippen LogP) is 2.30. The molecular formula is C11H15BrN4. The van der Waals surface area contributed by atoms with Crippen LogP contribution in [0.4, 0.5) is 0 Å². The van der Waals surface area contributed by atoms with Crippen LogP contribution in [0.3, 0.4) is 0 Å². The molecule has 0 amide bonds. The fourth-order valence-electron chi connectivity index (χ4n) is 1.75. The molecule has 0 fully saturated rings. The van der Waals surface area contributed by atoms with E-state index in [2.05, 4.69) is 45.4 Å². The first kappa shape index (κ1) is 11.4. The highest BCUT2D eigenvalue weighted by Crippen LogP contribution is 2.19. The summed E-state index contributed by atoms with van der Waals surface area (Å²) in [7, 11) is 1.95. The van der Waals surface area contributed by atoms with Crippen molar-refractivity contribution in [2.24, 2.45) is 7.05 Å². The Morgan fingerprint density at radius 3 is 2.50 bits per heavy atom. The average Bonchev–Trinajstić information content (AvgIpc) is 2.72. The van der Waals surface area contributed by atoms with Crippen LogP contribution in [0.5, 0.6) is 0 Å². The molecule has 2 rings (SSSR count). The van der Waals surface area contributed by atoms with Crippen molar-refractivity contribution >= 4 is 15.9 Å². The molecule has 0 bridgehead atoms. The third-order valence-corrected chi connectivity index (χ3v) is 3.27. The highest BCUT2D eigenvalue weighted by atomic mass is 79.9. The summed E-state index contributed by atoms with van der Waals surface area (Å²) in [5.41, 5.74) is 3.54. The minimum Gasteiger partial charge on any atom is -0.275 e. The molecule has 0 aliphatic carbocycles. The highest BCUT2D eigenvalue weighted by Gasteiger charge is 2.10. The predicted molar refractivity (Wildman–Crippen MR) is 66.4 cm³/mol. The van der Waals surface area contributed by atoms with E-state index in [1.807, 2.05) is 23.3 Å². The molecule has 2 aromatic heterocycles. The smallest absolute Gasteiger partial charge is 0.131 e. The van der Waals surface area contributed by atoms with Crippen molar-refractivity contribution in [2.75, 3.05) is 0 Å². The first-order chi connectivity index (χ1) is 7.60. The molecule has 0 N–H and O–H groups in total. The van der Waals surface area contributed by atoms with Gasteiger partial charge in [0.2, 0.25) is 0 Å². The van der Waals surface area contributed by atoms with Crippen molar-refractivity contribution < 1.29 is 0 Å². The van der Waals surface area contributed by atoms with Crippen LogP contribution >= 0.6 is 15.9 Å². The van der Waals surface area contributed by atoms with Crippen LogP contribution in [0.1, 0.15) is 23.7 Å². The maximum Gasteiger partial charge on any atom is 0.131 e. The van der Waals surface area contributed by atoms with E-state index in [-0.39, 0.29) is 0 Å². The second-order valence-electron chi connectivity index (χ2n) is 3.89. The first-order valence-corrected chi connectivity index (χ1v) is 6.10. The zero-order valence-electron chi connectivity index (χ0n) is 9.74. The zero-order chi connectivity index (χ0) is 11.7. The molecule has 2 aromatic rings. The van der Waals surface area contributed by atoms with Crippen molar-refractivity contribution in [3.05, 3.63) is 33.8 Å². The molecule has 0 aliphatic heterocycles. The Bertz CT molecular complexity index is 498. The van der Waals surface area contributed by atoms with Crippen molar-refractivity contribution in [3.63, 3.8) is 0 Å². The lowest BCUT2D eigenvalue weighted by Crippen LogP contribution is -1.92. The summed E-state index contributed by atoms with van der Waals surface area (Å²) in [6, 6.07) is 0. The summed E-state index contributed by atoms with van der Waals surface area (Å²) < 4.78 is 4.71. The summed E-state index contributed by atoms with van der Waals surface area (Å²) in [5.74, 6) is 0. The second kappa shape index (κ2) is 4.41. The Labute approximate surface area is 103 Å². The molecule has 0 aliphatic rings. The molecule has 0 saturated heterocycles. The third-order valence-electron chi connectivity index (χ3n) is 2.61. The van der Waals surface area contributed by atoms with Gasteiger partial charge >= 0.3 is 0 Å². The zero-order valence-corrected chi connectivity index (χ0v) is 11.3. The van der Waals surface area contributed by atoms with E-state index in [0.717, 1.165) is 23.3 Å². The Hall–Kier alpha value is -1.10. The summed E-state index contributed by atoms with van der Waals surface area (Å²) >= 11 is 3.49. The van der Waals surface area contributed by atoms with Crippen LogP contribution in [0.25, 0.3) is 0 Å². The Balaban J connectivity index is 2.26. The summed E-state index contributed by atoms with van der Waals surface area (Å²) in [4.78, 5) is 0. The van der Waals surface area contributed by atoms with Gasteiger partial charge < -0.3 is 0 Å². The fourth-order valence-corrected chi connectivity index (χ4v) is 2.19.